The van der Waals surface area contributed by atoms with Gasteiger partial charge in [0.25, 0.3) is 0 Å². The first-order valence-corrected chi connectivity index (χ1v) is 10.6. The number of pyridine rings is 1. The topological polar surface area (TPSA) is 34.4 Å². The highest BCUT2D eigenvalue weighted by molar-refractivity contribution is 7.85. The fraction of sp³-hybridized carbons (Fsp3) is 0. The molecule has 0 amide bonds. The van der Waals surface area contributed by atoms with Gasteiger partial charge >= 0.3 is 0 Å². The van der Waals surface area contributed by atoms with Crippen molar-refractivity contribution in [3.63, 3.8) is 0 Å². The van der Waals surface area contributed by atoms with Crippen LogP contribution in [-0.2, 0) is 4.57 Å². The Hall–Kier alpha value is -3.16. The Morgan fingerprint density at radius 2 is 1.26 bits per heavy atom. The maximum absolute atomic E-state index is 14.4. The molecule has 0 atom stereocenters. The molecule has 2 heterocycles. The molecule has 5 aromatic rings. The summed E-state index contributed by atoms with van der Waals surface area (Å²) in [5.74, 6) is 0. The van der Waals surface area contributed by atoms with Gasteiger partial charge in [0.2, 0.25) is 0 Å². The van der Waals surface area contributed by atoms with E-state index in [1.807, 2.05) is 95.5 Å². The second-order valence-corrected chi connectivity index (χ2v) is 9.22. The summed E-state index contributed by atoms with van der Waals surface area (Å²) in [6.45, 7) is 0. The summed E-state index contributed by atoms with van der Waals surface area (Å²) < 4.78 is 16.3. The van der Waals surface area contributed by atoms with E-state index in [0.29, 0.717) is 5.44 Å². The average molecular weight is 368 g/mol. The van der Waals surface area contributed by atoms with Crippen molar-refractivity contribution in [2.24, 2.45) is 0 Å². The summed E-state index contributed by atoms with van der Waals surface area (Å²) >= 11 is 0. The van der Waals surface area contributed by atoms with Gasteiger partial charge in [0.05, 0.1) is 11.0 Å². The number of rotatable bonds is 3. The van der Waals surface area contributed by atoms with Crippen molar-refractivity contribution in [2.75, 3.05) is 0 Å². The third-order valence-electron chi connectivity index (χ3n) is 4.88. The van der Waals surface area contributed by atoms with Gasteiger partial charge in [0.1, 0.15) is 5.44 Å². The molecule has 0 saturated carbocycles. The molecule has 5 rings (SSSR count). The lowest BCUT2D eigenvalue weighted by Gasteiger charge is -2.16. The van der Waals surface area contributed by atoms with Gasteiger partial charge in [0, 0.05) is 16.0 Å². The van der Waals surface area contributed by atoms with E-state index in [9.17, 15) is 4.57 Å². The Bertz CT molecular complexity index is 1250. The molecule has 130 valence electrons. The van der Waals surface area contributed by atoms with E-state index in [1.165, 1.54) is 0 Å². The molecule has 4 heteroatoms. The lowest BCUT2D eigenvalue weighted by atomic mass is 10.2. The number of nitrogens with zero attached hydrogens (tertiary/aromatic N) is 2. The molecular formula is C23H17N2OP. The van der Waals surface area contributed by atoms with E-state index in [0.717, 1.165) is 27.0 Å². The van der Waals surface area contributed by atoms with Crippen molar-refractivity contribution >= 4 is 39.6 Å². The zero-order chi connectivity index (χ0) is 18.3. The summed E-state index contributed by atoms with van der Waals surface area (Å²) in [7, 11) is -3.06. The van der Waals surface area contributed by atoms with Crippen LogP contribution in [0.4, 0.5) is 0 Å². The van der Waals surface area contributed by atoms with Crippen LogP contribution in [0, 0.1) is 0 Å². The fourth-order valence-electron chi connectivity index (χ4n) is 3.53. The quantitative estimate of drug-likeness (QED) is 0.449. The molecule has 0 aliphatic carbocycles. The molecule has 27 heavy (non-hydrogen) atoms. The summed E-state index contributed by atoms with van der Waals surface area (Å²) in [5.41, 5.74) is 2.56. The highest BCUT2D eigenvalue weighted by Crippen LogP contribution is 2.42. The van der Waals surface area contributed by atoms with Crippen LogP contribution < -0.4 is 16.0 Å². The molecule has 0 radical (unpaired) electrons. The molecule has 0 bridgehead atoms. The van der Waals surface area contributed by atoms with Gasteiger partial charge in [-0.3, -0.25) is 0 Å². The van der Waals surface area contributed by atoms with Crippen molar-refractivity contribution in [1.29, 1.82) is 0 Å². The monoisotopic (exact) mass is 368 g/mol. The van der Waals surface area contributed by atoms with Crippen LogP contribution in [0.15, 0.2) is 103 Å². The zero-order valence-corrected chi connectivity index (χ0v) is 15.5. The van der Waals surface area contributed by atoms with E-state index in [4.69, 9.17) is 5.10 Å². The van der Waals surface area contributed by atoms with Gasteiger partial charge in [-0.1, -0.05) is 84.9 Å². The third-order valence-corrected chi connectivity index (χ3v) is 7.80. The van der Waals surface area contributed by atoms with Gasteiger partial charge in [-0.15, -0.1) is 0 Å². The second-order valence-electron chi connectivity index (χ2n) is 6.51. The number of benzene rings is 3. The molecule has 0 N–H and O–H groups in total. The molecule has 0 saturated heterocycles. The van der Waals surface area contributed by atoms with E-state index in [1.54, 1.807) is 0 Å². The Kier molecular flexibility index (Phi) is 3.70. The lowest BCUT2D eigenvalue weighted by molar-refractivity contribution is 0.592. The predicted octanol–water partition coefficient (Wildman–Crippen LogP) is 4.13. The Balaban J connectivity index is 1.83. The molecule has 0 aliphatic rings. The molecular weight excluding hydrogens is 351 g/mol. The lowest BCUT2D eigenvalue weighted by Crippen LogP contribution is -2.26. The smallest absolute Gasteiger partial charge is 0.190 e. The molecule has 0 fully saturated rings. The van der Waals surface area contributed by atoms with Gasteiger partial charge in [-0.2, -0.15) is 5.10 Å². The standard InChI is InChI=1S/C23H17N2OP/c26-27(20-10-3-1-4-11-20,21-12-5-2-6-13-21)23-17-19-16-15-18-9-7-8-14-22(18)25(19)24-23/h1-17H. The Morgan fingerprint density at radius 3 is 1.93 bits per heavy atom. The molecule has 3 aromatic carbocycles. The van der Waals surface area contributed by atoms with Crippen molar-refractivity contribution in [3.8, 4) is 0 Å². The first kappa shape index (κ1) is 16.0. The summed E-state index contributed by atoms with van der Waals surface area (Å²) in [5, 5.41) is 7.52. The van der Waals surface area contributed by atoms with Crippen LogP contribution in [0.1, 0.15) is 0 Å². The summed E-state index contributed by atoms with van der Waals surface area (Å²) in [6, 6.07) is 33.5. The number of aromatic nitrogens is 2. The van der Waals surface area contributed by atoms with Crippen LogP contribution in [0.3, 0.4) is 0 Å². The minimum absolute atomic E-state index is 0.608. The van der Waals surface area contributed by atoms with E-state index < -0.39 is 7.14 Å². The first-order valence-electron chi connectivity index (χ1n) is 8.86. The minimum Gasteiger partial charge on any atom is -0.307 e. The molecule has 2 aromatic heterocycles. The predicted molar refractivity (Wildman–Crippen MR) is 112 cm³/mol. The van der Waals surface area contributed by atoms with Gasteiger partial charge < -0.3 is 4.57 Å². The first-order chi connectivity index (χ1) is 13.3. The van der Waals surface area contributed by atoms with Gasteiger partial charge in [-0.05, 0) is 18.2 Å². The highest BCUT2D eigenvalue weighted by atomic mass is 31.2. The summed E-state index contributed by atoms with van der Waals surface area (Å²) in [6.07, 6.45) is 0. The minimum atomic E-state index is -3.06. The van der Waals surface area contributed by atoms with Crippen LogP contribution >= 0.6 is 7.14 Å². The number of hydrogen-bond donors (Lipinski definition) is 0. The zero-order valence-electron chi connectivity index (χ0n) is 14.6. The second kappa shape index (κ2) is 6.22. The van der Waals surface area contributed by atoms with Gasteiger partial charge in [-0.25, -0.2) is 4.52 Å². The van der Waals surface area contributed by atoms with E-state index >= 15 is 0 Å². The average Bonchev–Trinajstić information content (AvgIpc) is 3.20. The van der Waals surface area contributed by atoms with E-state index in [-0.39, 0.29) is 0 Å². The highest BCUT2D eigenvalue weighted by Gasteiger charge is 2.32. The maximum Gasteiger partial charge on any atom is 0.190 e. The Labute approximate surface area is 157 Å². The van der Waals surface area contributed by atoms with Crippen LogP contribution in [-0.4, -0.2) is 9.61 Å². The van der Waals surface area contributed by atoms with Crippen LogP contribution in [0.25, 0.3) is 16.4 Å². The number of fused-ring (bicyclic) bond motifs is 3. The van der Waals surface area contributed by atoms with Gasteiger partial charge in [0.15, 0.2) is 7.14 Å². The van der Waals surface area contributed by atoms with Crippen molar-refractivity contribution in [3.05, 3.63) is 103 Å². The largest absolute Gasteiger partial charge is 0.307 e. The molecule has 0 aliphatic heterocycles. The van der Waals surface area contributed by atoms with E-state index in [2.05, 4.69) is 12.1 Å². The SMILES string of the molecule is O=P(c1ccccc1)(c1ccccc1)c1cc2ccc3ccccc3n2n1. The number of para-hydroxylation sites is 1. The number of hydrogen-bond acceptors (Lipinski definition) is 2. The Morgan fingerprint density at radius 1 is 0.667 bits per heavy atom. The molecule has 3 nitrogen and oxygen atoms in total. The van der Waals surface area contributed by atoms with Crippen LogP contribution in [0.5, 0.6) is 0 Å². The van der Waals surface area contributed by atoms with Crippen molar-refractivity contribution in [2.45, 2.75) is 0 Å². The third kappa shape index (κ3) is 2.51. The fourth-order valence-corrected chi connectivity index (χ4v) is 6.07. The van der Waals surface area contributed by atoms with Crippen LogP contribution in [0.2, 0.25) is 0 Å². The molecule has 0 spiro atoms. The normalized spacial score (nSPS) is 11.9. The maximum atomic E-state index is 14.4. The van der Waals surface area contributed by atoms with Crippen molar-refractivity contribution < 1.29 is 4.57 Å². The van der Waals surface area contributed by atoms with Crippen molar-refractivity contribution in [1.82, 2.24) is 9.61 Å². The summed E-state index contributed by atoms with van der Waals surface area (Å²) in [4.78, 5) is 0. The molecule has 0 unspecified atom stereocenters.